The molecule has 0 aliphatic rings. The normalized spacial score (nSPS) is 12.2. The van der Waals surface area contributed by atoms with E-state index in [-0.39, 0.29) is 5.92 Å². The van der Waals surface area contributed by atoms with Crippen molar-refractivity contribution in [2.75, 3.05) is 4.90 Å². The minimum atomic E-state index is 0.263. The number of fused-ring (bicyclic) bond motifs is 9. The van der Waals surface area contributed by atoms with Crippen LogP contribution in [-0.4, -0.2) is 0 Å². The number of hydrogen-bond acceptors (Lipinski definition) is 5. The van der Waals surface area contributed by atoms with Gasteiger partial charge in [-0.2, -0.15) is 10.5 Å². The summed E-state index contributed by atoms with van der Waals surface area (Å²) in [6, 6.07) is 64.6. The standard InChI is InChI=1S/C61H47N3O2/c1-37(2)43-13-15-45(16-14-43)48(27-39-5-7-40(35-62)8-6-39)28-42-9-12-46-31-56-54-25-26-55-57-32-47-19-24-53(30-50(47)34-59(57)66-61(55)60(54)65-58(56)33-49(46)29-42)64(51-20-10-41(36-63)11-21-51)52-22-17-44(18-23-52)38(3)4/h5-26,29-34,37-38,48H,27-28H2,1-4H3/t48-/m1/s1. The lowest BCUT2D eigenvalue weighted by molar-refractivity contribution is 0.634. The van der Waals surface area contributed by atoms with Gasteiger partial charge >= 0.3 is 0 Å². The van der Waals surface area contributed by atoms with Crippen LogP contribution in [0.5, 0.6) is 0 Å². The molecule has 5 heteroatoms. The van der Waals surface area contributed by atoms with E-state index in [1.807, 2.05) is 36.4 Å². The minimum absolute atomic E-state index is 0.263. The van der Waals surface area contributed by atoms with Crippen molar-refractivity contribution in [3.63, 3.8) is 0 Å². The summed E-state index contributed by atoms with van der Waals surface area (Å²) in [5.74, 6) is 1.17. The molecule has 0 aliphatic carbocycles. The zero-order valence-corrected chi connectivity index (χ0v) is 37.5. The molecule has 9 aromatic carbocycles. The molecule has 0 radical (unpaired) electrons. The quantitative estimate of drug-likeness (QED) is 0.137. The number of rotatable bonds is 10. The van der Waals surface area contributed by atoms with Crippen LogP contribution in [0.1, 0.15) is 84.4 Å². The van der Waals surface area contributed by atoms with Crippen LogP contribution in [0.3, 0.4) is 0 Å². The van der Waals surface area contributed by atoms with Crippen LogP contribution in [0, 0.1) is 22.7 Å². The number of furan rings is 2. The SMILES string of the molecule is CC(C)c1ccc([C@H](Cc2ccc(C#N)cc2)Cc2ccc3cc4c(cc3c2)oc2c4ccc3c4cc5ccc(N(c6ccc(C#N)cc6)c6ccc(C(C)C)cc6)cc5cc4oc32)cc1. The van der Waals surface area contributed by atoms with Gasteiger partial charge < -0.3 is 13.7 Å². The van der Waals surface area contributed by atoms with Crippen LogP contribution < -0.4 is 4.90 Å². The molecule has 11 rings (SSSR count). The molecule has 0 fully saturated rings. The van der Waals surface area contributed by atoms with Crippen LogP contribution >= 0.6 is 0 Å². The summed E-state index contributed by atoms with van der Waals surface area (Å²) in [5.41, 5.74) is 13.9. The molecule has 318 valence electrons. The average molecular weight is 854 g/mol. The first-order chi connectivity index (χ1) is 32.2. The highest BCUT2D eigenvalue weighted by atomic mass is 16.4. The molecule has 0 bridgehead atoms. The molecule has 2 aromatic heterocycles. The fraction of sp³-hybridized carbons (Fsp3) is 0.148. The maximum absolute atomic E-state index is 9.52. The number of nitrogens with zero attached hydrogens (tertiary/aromatic N) is 3. The maximum Gasteiger partial charge on any atom is 0.178 e. The fourth-order valence-electron chi connectivity index (χ4n) is 9.74. The van der Waals surface area contributed by atoms with Gasteiger partial charge in [0.1, 0.15) is 11.2 Å². The highest BCUT2D eigenvalue weighted by Crippen LogP contribution is 2.43. The number of anilines is 3. The molecular weight excluding hydrogens is 807 g/mol. The Morgan fingerprint density at radius 3 is 1.39 bits per heavy atom. The highest BCUT2D eigenvalue weighted by molar-refractivity contribution is 6.21. The summed E-state index contributed by atoms with van der Waals surface area (Å²) in [6.07, 6.45) is 1.76. The van der Waals surface area contributed by atoms with Crippen LogP contribution in [0.25, 0.3) is 65.4 Å². The average Bonchev–Trinajstić information content (AvgIpc) is 3.90. The van der Waals surface area contributed by atoms with Gasteiger partial charge in [0, 0.05) is 38.6 Å². The molecule has 0 unspecified atom stereocenters. The molecule has 5 nitrogen and oxygen atoms in total. The van der Waals surface area contributed by atoms with Crippen molar-refractivity contribution < 1.29 is 8.83 Å². The topological polar surface area (TPSA) is 77.1 Å². The van der Waals surface area contributed by atoms with E-state index in [1.54, 1.807) is 0 Å². The van der Waals surface area contributed by atoms with E-state index in [1.165, 1.54) is 27.8 Å². The van der Waals surface area contributed by atoms with E-state index in [9.17, 15) is 10.5 Å². The van der Waals surface area contributed by atoms with Crippen molar-refractivity contribution in [2.45, 2.75) is 58.3 Å². The van der Waals surface area contributed by atoms with Crippen molar-refractivity contribution in [3.05, 3.63) is 209 Å². The molecule has 0 saturated heterocycles. The van der Waals surface area contributed by atoms with Crippen LogP contribution in [0.4, 0.5) is 17.1 Å². The van der Waals surface area contributed by atoms with E-state index < -0.39 is 0 Å². The van der Waals surface area contributed by atoms with Crippen molar-refractivity contribution >= 4 is 82.5 Å². The molecule has 0 aliphatic heterocycles. The summed E-state index contributed by atoms with van der Waals surface area (Å²) in [5, 5.41) is 27.6. The van der Waals surface area contributed by atoms with Crippen LogP contribution in [-0.2, 0) is 12.8 Å². The van der Waals surface area contributed by atoms with Gasteiger partial charge in [0.15, 0.2) is 11.2 Å². The zero-order valence-electron chi connectivity index (χ0n) is 37.5. The molecule has 2 heterocycles. The third-order valence-corrected chi connectivity index (χ3v) is 13.5. The molecule has 1 atom stereocenters. The predicted octanol–water partition coefficient (Wildman–Crippen LogP) is 16.8. The van der Waals surface area contributed by atoms with Crippen LogP contribution in [0.2, 0.25) is 0 Å². The summed E-state index contributed by atoms with van der Waals surface area (Å²) >= 11 is 0. The van der Waals surface area contributed by atoms with Gasteiger partial charge in [-0.3, -0.25) is 0 Å². The Hall–Kier alpha value is -8.12. The number of benzene rings is 9. The predicted molar refractivity (Wildman–Crippen MR) is 271 cm³/mol. The van der Waals surface area contributed by atoms with Gasteiger partial charge in [0.05, 0.1) is 23.3 Å². The lowest BCUT2D eigenvalue weighted by atomic mass is 9.85. The zero-order chi connectivity index (χ0) is 45.1. The van der Waals surface area contributed by atoms with Gasteiger partial charge in [0.25, 0.3) is 0 Å². The van der Waals surface area contributed by atoms with Crippen molar-refractivity contribution in [2.24, 2.45) is 0 Å². The van der Waals surface area contributed by atoms with Gasteiger partial charge in [0.2, 0.25) is 0 Å². The minimum Gasteiger partial charge on any atom is -0.452 e. The monoisotopic (exact) mass is 853 g/mol. The van der Waals surface area contributed by atoms with E-state index >= 15 is 0 Å². The molecule has 0 N–H and O–H groups in total. The lowest BCUT2D eigenvalue weighted by Gasteiger charge is -2.26. The molecular formula is C61H47N3O2. The Kier molecular flexibility index (Phi) is 10.1. The molecule has 0 amide bonds. The highest BCUT2D eigenvalue weighted by Gasteiger charge is 2.20. The molecule has 11 aromatic rings. The van der Waals surface area contributed by atoms with E-state index in [0.29, 0.717) is 23.0 Å². The third-order valence-electron chi connectivity index (χ3n) is 13.5. The van der Waals surface area contributed by atoms with Gasteiger partial charge in [-0.1, -0.05) is 100 Å². The Morgan fingerprint density at radius 2 is 0.848 bits per heavy atom. The molecule has 66 heavy (non-hydrogen) atoms. The van der Waals surface area contributed by atoms with E-state index in [4.69, 9.17) is 8.83 Å². The van der Waals surface area contributed by atoms with E-state index in [2.05, 4.69) is 178 Å². The summed E-state index contributed by atoms with van der Waals surface area (Å²) in [4.78, 5) is 2.24. The Balaban J connectivity index is 0.952. The first-order valence-corrected chi connectivity index (χ1v) is 22.9. The first-order valence-electron chi connectivity index (χ1n) is 22.9. The van der Waals surface area contributed by atoms with Gasteiger partial charge in [-0.05, 0) is 177 Å². The Morgan fingerprint density at radius 1 is 0.409 bits per heavy atom. The van der Waals surface area contributed by atoms with Crippen molar-refractivity contribution in [1.29, 1.82) is 10.5 Å². The Bertz CT molecular complexity index is 3710. The van der Waals surface area contributed by atoms with E-state index in [0.717, 1.165) is 95.3 Å². The Labute approximate surface area is 384 Å². The molecule has 0 spiro atoms. The second-order valence-corrected chi connectivity index (χ2v) is 18.4. The van der Waals surface area contributed by atoms with Crippen molar-refractivity contribution in [1.82, 2.24) is 0 Å². The third kappa shape index (κ3) is 7.39. The maximum atomic E-state index is 9.52. The fourth-order valence-corrected chi connectivity index (χ4v) is 9.74. The van der Waals surface area contributed by atoms with Crippen molar-refractivity contribution in [3.8, 4) is 12.1 Å². The van der Waals surface area contributed by atoms with Gasteiger partial charge in [-0.25, -0.2) is 0 Å². The first kappa shape index (κ1) is 40.6. The largest absolute Gasteiger partial charge is 0.452 e. The second kappa shape index (κ2) is 16.5. The summed E-state index contributed by atoms with van der Waals surface area (Å²) in [7, 11) is 0. The number of hydrogen-bond donors (Lipinski definition) is 0. The lowest BCUT2D eigenvalue weighted by Crippen LogP contribution is -2.10. The van der Waals surface area contributed by atoms with Gasteiger partial charge in [-0.15, -0.1) is 0 Å². The number of nitriles is 2. The summed E-state index contributed by atoms with van der Waals surface area (Å²) < 4.78 is 13.5. The smallest absolute Gasteiger partial charge is 0.178 e. The summed E-state index contributed by atoms with van der Waals surface area (Å²) in [6.45, 7) is 8.88. The van der Waals surface area contributed by atoms with Crippen LogP contribution in [0.15, 0.2) is 179 Å². The second-order valence-electron chi connectivity index (χ2n) is 18.4. The molecule has 0 saturated carbocycles.